The zero-order chi connectivity index (χ0) is 42.2. The van der Waals surface area contributed by atoms with Crippen molar-refractivity contribution in [2.45, 2.75) is 51.4 Å². The number of aryl methyl sites for hydroxylation is 2. The summed E-state index contributed by atoms with van der Waals surface area (Å²) >= 11 is 0. The van der Waals surface area contributed by atoms with Crippen molar-refractivity contribution in [1.29, 1.82) is 0 Å². The number of ether oxygens (including phenoxy) is 3. The summed E-state index contributed by atoms with van der Waals surface area (Å²) in [6.45, 7) is 4.62. The Hall–Kier alpha value is -7.38. The molecule has 61 heavy (non-hydrogen) atoms. The Morgan fingerprint density at radius 3 is 1.44 bits per heavy atom. The summed E-state index contributed by atoms with van der Waals surface area (Å²) in [7, 11) is 0. The van der Waals surface area contributed by atoms with Crippen LogP contribution < -0.4 is 19.1 Å². The van der Waals surface area contributed by atoms with Crippen molar-refractivity contribution in [3.05, 3.63) is 209 Å². The Bertz CT molecular complexity index is 2550. The zero-order valence-electron chi connectivity index (χ0n) is 34.3. The molecule has 0 amide bonds. The SMILES string of the molecule is Cc1ccc(N(c2ccc(C)cc2)c2ccc(C=C(c3ccc(O)cc3)c3ccc(OC(=O)Oc4ccc(C5(c6ccc(OC=O)cc6)CCCCC5)cc4)cc3)cc2)cc1. The van der Waals surface area contributed by atoms with Gasteiger partial charge in [-0.25, -0.2) is 4.79 Å². The Morgan fingerprint density at radius 1 is 0.541 bits per heavy atom. The molecular weight excluding hydrogens is 759 g/mol. The van der Waals surface area contributed by atoms with E-state index in [0.717, 1.165) is 70.6 Å². The van der Waals surface area contributed by atoms with Gasteiger partial charge in [0.25, 0.3) is 6.47 Å². The number of phenolic OH excluding ortho intramolecular Hbond substituents is 1. The lowest BCUT2D eigenvalue weighted by atomic mass is 9.65. The first-order chi connectivity index (χ1) is 29.8. The lowest BCUT2D eigenvalue weighted by Gasteiger charge is -2.38. The number of aromatic hydroxyl groups is 1. The molecule has 1 aliphatic carbocycles. The van der Waals surface area contributed by atoms with E-state index >= 15 is 0 Å². The Labute approximate surface area is 357 Å². The highest BCUT2D eigenvalue weighted by Gasteiger charge is 2.35. The van der Waals surface area contributed by atoms with Crippen molar-refractivity contribution >= 4 is 41.3 Å². The molecule has 0 aliphatic heterocycles. The summed E-state index contributed by atoms with van der Waals surface area (Å²) in [5.74, 6) is 1.42. The van der Waals surface area contributed by atoms with Gasteiger partial charge < -0.3 is 24.2 Å². The molecule has 7 aromatic rings. The smallest absolute Gasteiger partial charge is 0.508 e. The van der Waals surface area contributed by atoms with Gasteiger partial charge in [-0.15, -0.1) is 0 Å². The number of nitrogens with zero attached hydrogens (tertiary/aromatic N) is 1. The minimum Gasteiger partial charge on any atom is -0.508 e. The summed E-state index contributed by atoms with van der Waals surface area (Å²) in [5.41, 5.74) is 11.4. The van der Waals surface area contributed by atoms with Crippen LogP contribution in [0.25, 0.3) is 11.6 Å². The van der Waals surface area contributed by atoms with Gasteiger partial charge in [0.05, 0.1) is 0 Å². The lowest BCUT2D eigenvalue weighted by molar-refractivity contribution is -0.120. The van der Waals surface area contributed by atoms with Gasteiger partial charge in [-0.1, -0.05) is 115 Å². The molecule has 304 valence electrons. The largest absolute Gasteiger partial charge is 0.519 e. The van der Waals surface area contributed by atoms with Crippen LogP contribution >= 0.6 is 0 Å². The normalized spacial score (nSPS) is 13.5. The van der Waals surface area contributed by atoms with E-state index < -0.39 is 6.16 Å². The Balaban J connectivity index is 0.989. The number of hydrogen-bond acceptors (Lipinski definition) is 7. The van der Waals surface area contributed by atoms with Crippen LogP contribution in [0.1, 0.15) is 71.0 Å². The van der Waals surface area contributed by atoms with Gasteiger partial charge in [-0.3, -0.25) is 4.79 Å². The molecule has 7 heteroatoms. The van der Waals surface area contributed by atoms with E-state index in [1.807, 2.05) is 72.8 Å². The molecule has 7 aromatic carbocycles. The van der Waals surface area contributed by atoms with Crippen molar-refractivity contribution < 1.29 is 28.9 Å². The number of benzene rings is 7. The molecule has 1 N–H and O–H groups in total. The van der Waals surface area contributed by atoms with E-state index in [0.29, 0.717) is 23.7 Å². The van der Waals surface area contributed by atoms with Crippen molar-refractivity contribution in [1.82, 2.24) is 0 Å². The van der Waals surface area contributed by atoms with Crippen molar-refractivity contribution in [3.8, 4) is 23.0 Å². The Morgan fingerprint density at radius 2 is 0.967 bits per heavy atom. The summed E-state index contributed by atoms with van der Waals surface area (Å²) in [6.07, 6.45) is 6.68. The van der Waals surface area contributed by atoms with Crippen LogP contribution in [-0.2, 0) is 10.2 Å². The highest BCUT2D eigenvalue weighted by Crippen LogP contribution is 2.46. The highest BCUT2D eigenvalue weighted by molar-refractivity contribution is 5.92. The average molecular weight is 806 g/mol. The average Bonchev–Trinajstić information content (AvgIpc) is 3.29. The first-order valence-electron chi connectivity index (χ1n) is 20.6. The second-order valence-electron chi connectivity index (χ2n) is 15.6. The predicted octanol–water partition coefficient (Wildman–Crippen LogP) is 13.4. The first kappa shape index (κ1) is 40.4. The van der Waals surface area contributed by atoms with Crippen molar-refractivity contribution in [2.24, 2.45) is 0 Å². The van der Waals surface area contributed by atoms with E-state index in [4.69, 9.17) is 14.2 Å². The van der Waals surface area contributed by atoms with Gasteiger partial charge in [0.2, 0.25) is 0 Å². The second kappa shape index (κ2) is 18.3. The molecule has 1 fully saturated rings. The first-order valence-corrected chi connectivity index (χ1v) is 20.6. The maximum Gasteiger partial charge on any atom is 0.519 e. The maximum atomic E-state index is 13.0. The molecule has 1 aliphatic rings. The topological polar surface area (TPSA) is 85.3 Å². The highest BCUT2D eigenvalue weighted by atomic mass is 16.7. The van der Waals surface area contributed by atoms with Crippen LogP contribution in [0.3, 0.4) is 0 Å². The zero-order valence-corrected chi connectivity index (χ0v) is 34.3. The number of anilines is 3. The molecule has 8 rings (SSSR count). The van der Waals surface area contributed by atoms with Gasteiger partial charge in [-0.2, -0.15) is 0 Å². The van der Waals surface area contributed by atoms with E-state index in [-0.39, 0.29) is 11.2 Å². The number of hydrogen-bond donors (Lipinski definition) is 1. The van der Waals surface area contributed by atoms with Gasteiger partial charge >= 0.3 is 6.16 Å². The summed E-state index contributed by atoms with van der Waals surface area (Å²) in [6, 6.07) is 55.3. The molecule has 0 aromatic heterocycles. The lowest BCUT2D eigenvalue weighted by Crippen LogP contribution is -2.30. The molecule has 0 heterocycles. The second-order valence-corrected chi connectivity index (χ2v) is 15.6. The molecule has 7 nitrogen and oxygen atoms in total. The molecule has 0 unspecified atom stereocenters. The van der Waals surface area contributed by atoms with E-state index in [9.17, 15) is 14.7 Å². The van der Waals surface area contributed by atoms with Gasteiger partial charge in [0.1, 0.15) is 23.0 Å². The van der Waals surface area contributed by atoms with Crippen LogP contribution in [0.15, 0.2) is 170 Å². The minimum atomic E-state index is -0.835. The summed E-state index contributed by atoms with van der Waals surface area (Å²) in [5, 5.41) is 10.1. The van der Waals surface area contributed by atoms with Gasteiger partial charge in [-0.05, 0) is 151 Å². The number of rotatable bonds is 12. The maximum absolute atomic E-state index is 13.0. The van der Waals surface area contributed by atoms with Crippen LogP contribution in [-0.4, -0.2) is 17.7 Å². The Kier molecular flexibility index (Phi) is 12.1. The van der Waals surface area contributed by atoms with Crippen LogP contribution in [0, 0.1) is 13.8 Å². The quantitative estimate of drug-likeness (QED) is 0.0570. The molecule has 0 atom stereocenters. The van der Waals surface area contributed by atoms with E-state index in [1.54, 1.807) is 24.3 Å². The molecule has 1 saturated carbocycles. The van der Waals surface area contributed by atoms with Crippen LogP contribution in [0.4, 0.5) is 21.9 Å². The van der Waals surface area contributed by atoms with Crippen molar-refractivity contribution in [2.75, 3.05) is 4.90 Å². The van der Waals surface area contributed by atoms with Crippen LogP contribution in [0.5, 0.6) is 23.0 Å². The molecular formula is C54H47NO6. The molecule has 0 spiro atoms. The molecule has 0 bridgehead atoms. The summed E-state index contributed by atoms with van der Waals surface area (Å²) in [4.78, 5) is 26.1. The fourth-order valence-corrected chi connectivity index (χ4v) is 8.26. The van der Waals surface area contributed by atoms with Crippen LogP contribution in [0.2, 0.25) is 0 Å². The van der Waals surface area contributed by atoms with Gasteiger partial charge in [0.15, 0.2) is 0 Å². The molecule has 0 saturated heterocycles. The standard InChI is InChI=1S/C54H47NO6/c1-38-6-20-45(21-7-38)55(46-22-8-39(2)9-23-46)47-24-10-40(11-25-47)36-52(41-12-26-48(57)27-13-41)42-14-28-50(29-15-42)60-53(58)61-51-32-18-44(19-33-51)54(34-4-3-5-35-54)43-16-30-49(31-17-43)59-37-56/h6-33,36-37,57H,3-5,34-35H2,1-2H3. The third-order valence-electron chi connectivity index (χ3n) is 11.5. The van der Waals surface area contributed by atoms with Gasteiger partial charge in [0, 0.05) is 22.5 Å². The van der Waals surface area contributed by atoms with Crippen molar-refractivity contribution in [3.63, 3.8) is 0 Å². The third-order valence-corrected chi connectivity index (χ3v) is 11.5. The fraction of sp³-hybridized carbons (Fsp3) is 0.148. The predicted molar refractivity (Wildman–Crippen MR) is 242 cm³/mol. The monoisotopic (exact) mass is 805 g/mol. The van der Waals surface area contributed by atoms with E-state index in [1.165, 1.54) is 23.1 Å². The van der Waals surface area contributed by atoms with E-state index in [2.05, 4.69) is 97.6 Å². The number of carbonyl (C=O) groups is 2. The fourth-order valence-electron chi connectivity index (χ4n) is 8.26. The minimum absolute atomic E-state index is 0.180. The summed E-state index contributed by atoms with van der Waals surface area (Å²) < 4.78 is 16.3. The third kappa shape index (κ3) is 9.42. The number of carbonyl (C=O) groups excluding carboxylic acids is 2. The molecule has 0 radical (unpaired) electrons. The number of phenols is 1.